The first kappa shape index (κ1) is 21.5. The minimum absolute atomic E-state index is 0.120. The van der Waals surface area contributed by atoms with Crippen LogP contribution in [0, 0.1) is 6.92 Å². The van der Waals surface area contributed by atoms with Crippen molar-refractivity contribution in [3.8, 4) is 5.75 Å². The van der Waals surface area contributed by atoms with Crippen LogP contribution in [-0.2, 0) is 28.3 Å². The first-order chi connectivity index (χ1) is 14.3. The molecule has 2 aromatic rings. The van der Waals surface area contributed by atoms with E-state index in [9.17, 15) is 20.4 Å². The highest BCUT2D eigenvalue weighted by molar-refractivity contribution is 6.31. The van der Waals surface area contributed by atoms with Gasteiger partial charge in [-0.25, -0.2) is 0 Å². The summed E-state index contributed by atoms with van der Waals surface area (Å²) < 4.78 is 16.9. The molecule has 30 heavy (non-hydrogen) atoms. The maximum atomic E-state index is 10.7. The number of aliphatic hydroxyl groups is 4. The average Bonchev–Trinajstić information content (AvgIpc) is 3.08. The Morgan fingerprint density at radius 3 is 2.57 bits per heavy atom. The monoisotopic (exact) mass is 436 g/mol. The van der Waals surface area contributed by atoms with Crippen LogP contribution in [0.15, 0.2) is 30.3 Å². The van der Waals surface area contributed by atoms with E-state index in [2.05, 4.69) is 0 Å². The lowest BCUT2D eigenvalue weighted by Crippen LogP contribution is -2.63. The molecule has 162 valence electrons. The van der Waals surface area contributed by atoms with Gasteiger partial charge in [0, 0.05) is 10.6 Å². The second kappa shape index (κ2) is 8.09. The van der Waals surface area contributed by atoms with Gasteiger partial charge in [-0.1, -0.05) is 17.7 Å². The number of rotatable bonds is 4. The van der Waals surface area contributed by atoms with Crippen molar-refractivity contribution in [2.75, 3.05) is 13.7 Å². The highest BCUT2D eigenvalue weighted by Crippen LogP contribution is 2.47. The van der Waals surface area contributed by atoms with Crippen molar-refractivity contribution in [1.82, 2.24) is 0 Å². The lowest BCUT2D eigenvalue weighted by Gasteiger charge is -2.46. The van der Waals surface area contributed by atoms with E-state index >= 15 is 0 Å². The zero-order valence-corrected chi connectivity index (χ0v) is 17.5. The van der Waals surface area contributed by atoms with E-state index in [0.717, 1.165) is 28.0 Å². The van der Waals surface area contributed by atoms with Crippen molar-refractivity contribution < 1.29 is 34.6 Å². The van der Waals surface area contributed by atoms with Crippen LogP contribution < -0.4 is 4.74 Å². The fourth-order valence-corrected chi connectivity index (χ4v) is 4.44. The Morgan fingerprint density at radius 2 is 1.90 bits per heavy atom. The van der Waals surface area contributed by atoms with E-state index in [1.807, 2.05) is 25.1 Å². The predicted molar refractivity (Wildman–Crippen MR) is 108 cm³/mol. The molecule has 0 saturated carbocycles. The number of benzene rings is 2. The number of methoxy groups -OCH3 is 1. The molecule has 1 fully saturated rings. The van der Waals surface area contributed by atoms with Gasteiger partial charge in [0.25, 0.3) is 0 Å². The van der Waals surface area contributed by atoms with Crippen LogP contribution in [0.1, 0.15) is 27.8 Å². The van der Waals surface area contributed by atoms with Crippen LogP contribution in [0.25, 0.3) is 0 Å². The van der Waals surface area contributed by atoms with E-state index in [0.29, 0.717) is 17.0 Å². The molecule has 1 saturated heterocycles. The largest absolute Gasteiger partial charge is 0.497 e. The van der Waals surface area contributed by atoms with Crippen molar-refractivity contribution in [3.63, 3.8) is 0 Å². The number of hydrogen-bond donors (Lipinski definition) is 4. The molecule has 0 radical (unpaired) electrons. The minimum atomic E-state index is -1.68. The van der Waals surface area contributed by atoms with Gasteiger partial charge in [0.15, 0.2) is 0 Å². The van der Waals surface area contributed by atoms with Crippen molar-refractivity contribution in [2.24, 2.45) is 0 Å². The number of aliphatic hydroxyl groups excluding tert-OH is 4. The lowest BCUT2D eigenvalue weighted by molar-refractivity contribution is -0.368. The Balaban J connectivity index is 1.73. The molecule has 1 spiro atoms. The Morgan fingerprint density at radius 1 is 1.13 bits per heavy atom. The van der Waals surface area contributed by atoms with Gasteiger partial charge in [-0.05, 0) is 59.9 Å². The summed E-state index contributed by atoms with van der Waals surface area (Å²) in [6.45, 7) is 1.58. The Hall–Kier alpha value is -1.71. The van der Waals surface area contributed by atoms with Gasteiger partial charge < -0.3 is 34.6 Å². The number of hydrogen-bond acceptors (Lipinski definition) is 7. The molecular weight excluding hydrogens is 412 g/mol. The molecule has 0 amide bonds. The van der Waals surface area contributed by atoms with Crippen molar-refractivity contribution in [3.05, 3.63) is 63.2 Å². The molecule has 4 rings (SSSR count). The zero-order valence-electron chi connectivity index (χ0n) is 16.7. The van der Waals surface area contributed by atoms with Crippen LogP contribution >= 0.6 is 11.6 Å². The van der Waals surface area contributed by atoms with Gasteiger partial charge in [0.1, 0.15) is 30.2 Å². The fourth-order valence-electron chi connectivity index (χ4n) is 4.18. The molecule has 8 heteroatoms. The summed E-state index contributed by atoms with van der Waals surface area (Å²) in [5.41, 5.74) is 4.15. The molecule has 2 aliphatic heterocycles. The summed E-state index contributed by atoms with van der Waals surface area (Å²) >= 11 is 6.53. The number of halogens is 1. The van der Waals surface area contributed by atoms with Crippen LogP contribution in [-0.4, -0.2) is 58.6 Å². The minimum Gasteiger partial charge on any atom is -0.497 e. The summed E-state index contributed by atoms with van der Waals surface area (Å²) in [5, 5.41) is 41.3. The van der Waals surface area contributed by atoms with Gasteiger partial charge in [-0.2, -0.15) is 0 Å². The number of ether oxygens (including phenoxy) is 3. The molecule has 2 aliphatic rings. The van der Waals surface area contributed by atoms with Gasteiger partial charge in [0.05, 0.1) is 20.3 Å². The van der Waals surface area contributed by atoms with Gasteiger partial charge in [0.2, 0.25) is 5.79 Å². The maximum absolute atomic E-state index is 10.7. The Labute approximate surface area is 179 Å². The average molecular weight is 437 g/mol. The molecular formula is C22H25ClO7. The SMILES string of the molecule is COc1ccc(Cc2cc3c(cc2Cl)CO[C@]32O[C@H](CO)[C@@H](O)[C@H](O)[C@H]2O)c(C)c1. The molecule has 2 aromatic carbocycles. The third kappa shape index (κ3) is 3.40. The number of aryl methyl sites for hydroxylation is 1. The lowest BCUT2D eigenvalue weighted by atomic mass is 9.86. The van der Waals surface area contributed by atoms with E-state index < -0.39 is 36.8 Å². The summed E-state index contributed by atoms with van der Waals surface area (Å²) in [5.74, 6) is -0.916. The van der Waals surface area contributed by atoms with E-state index in [1.165, 1.54) is 0 Å². The highest BCUT2D eigenvalue weighted by atomic mass is 35.5. The molecule has 0 aliphatic carbocycles. The second-order valence-electron chi connectivity index (χ2n) is 7.79. The Bertz CT molecular complexity index is 947. The van der Waals surface area contributed by atoms with Crippen LogP contribution in [0.4, 0.5) is 0 Å². The van der Waals surface area contributed by atoms with Crippen molar-refractivity contribution in [2.45, 2.75) is 50.2 Å². The van der Waals surface area contributed by atoms with Crippen molar-refractivity contribution in [1.29, 1.82) is 0 Å². The smallest absolute Gasteiger partial charge is 0.225 e. The molecule has 5 atom stereocenters. The standard InChI is InChI=1S/C22H25ClO7/c1-11-5-15(28-2)4-3-12(11)6-13-7-16-14(8-17(13)23)10-29-22(16)21(27)20(26)19(25)18(9-24)30-22/h3-5,7-8,18-21,24-27H,6,9-10H2,1-2H3/t18-,19-,20+,21-,22+/m1/s1. The van der Waals surface area contributed by atoms with Gasteiger partial charge >= 0.3 is 0 Å². The first-order valence-corrected chi connectivity index (χ1v) is 10.1. The zero-order chi connectivity index (χ0) is 21.6. The fraction of sp³-hybridized carbons (Fsp3) is 0.455. The third-order valence-electron chi connectivity index (χ3n) is 5.97. The first-order valence-electron chi connectivity index (χ1n) is 9.73. The molecule has 0 aromatic heterocycles. The van der Waals surface area contributed by atoms with E-state index in [1.54, 1.807) is 19.2 Å². The van der Waals surface area contributed by atoms with Crippen LogP contribution in [0.2, 0.25) is 5.02 Å². The van der Waals surface area contributed by atoms with Crippen LogP contribution in [0.3, 0.4) is 0 Å². The predicted octanol–water partition coefficient (Wildman–Crippen LogP) is 1.40. The Kier molecular flexibility index (Phi) is 5.80. The highest BCUT2D eigenvalue weighted by Gasteiger charge is 2.58. The van der Waals surface area contributed by atoms with Crippen molar-refractivity contribution >= 4 is 11.6 Å². The summed E-state index contributed by atoms with van der Waals surface area (Å²) in [7, 11) is 1.62. The maximum Gasteiger partial charge on any atom is 0.225 e. The van der Waals surface area contributed by atoms with Gasteiger partial charge in [-0.15, -0.1) is 0 Å². The molecule has 0 unspecified atom stereocenters. The van der Waals surface area contributed by atoms with Gasteiger partial charge in [-0.3, -0.25) is 0 Å². The van der Waals surface area contributed by atoms with E-state index in [4.69, 9.17) is 25.8 Å². The van der Waals surface area contributed by atoms with Crippen LogP contribution in [0.5, 0.6) is 5.75 Å². The normalized spacial score (nSPS) is 30.5. The summed E-state index contributed by atoms with van der Waals surface area (Å²) in [6, 6.07) is 9.36. The topological polar surface area (TPSA) is 109 Å². The molecule has 2 heterocycles. The molecule has 0 bridgehead atoms. The molecule has 7 nitrogen and oxygen atoms in total. The number of fused-ring (bicyclic) bond motifs is 2. The second-order valence-corrected chi connectivity index (χ2v) is 8.20. The quantitative estimate of drug-likeness (QED) is 0.573. The molecule has 4 N–H and O–H groups in total. The summed E-state index contributed by atoms with van der Waals surface area (Å²) in [6.07, 6.45) is -5.07. The summed E-state index contributed by atoms with van der Waals surface area (Å²) in [4.78, 5) is 0. The third-order valence-corrected chi connectivity index (χ3v) is 6.32. The van der Waals surface area contributed by atoms with E-state index in [-0.39, 0.29) is 6.61 Å².